The zero-order chi connectivity index (χ0) is 8.27. The van der Waals surface area contributed by atoms with Gasteiger partial charge in [0.15, 0.2) is 0 Å². The minimum atomic E-state index is -0.278. The molecule has 0 aliphatic rings. The Balaban J connectivity index is 3.00. The van der Waals surface area contributed by atoms with Crippen LogP contribution in [0.15, 0.2) is 17.1 Å². The number of hydrogen-bond donors (Lipinski definition) is 0. The van der Waals surface area contributed by atoms with Gasteiger partial charge < -0.3 is 0 Å². The molecule has 0 saturated heterocycles. The second kappa shape index (κ2) is 3.53. The first-order valence-corrected chi connectivity index (χ1v) is 3.85. The van der Waals surface area contributed by atoms with Crippen molar-refractivity contribution in [1.29, 1.82) is 0 Å². The first kappa shape index (κ1) is 8.27. The summed E-state index contributed by atoms with van der Waals surface area (Å²) in [6.45, 7) is 2.70. The summed E-state index contributed by atoms with van der Waals surface area (Å²) in [7, 11) is 0. The lowest BCUT2D eigenvalue weighted by Crippen LogP contribution is -2.21. The fourth-order valence-corrected chi connectivity index (χ4v) is 0.948. The monoisotopic (exact) mass is 172 g/mol. The van der Waals surface area contributed by atoms with Gasteiger partial charge in [-0.1, -0.05) is 18.5 Å². The van der Waals surface area contributed by atoms with Crippen LogP contribution in [0.3, 0.4) is 0 Å². The van der Waals surface area contributed by atoms with Gasteiger partial charge in [0.25, 0.3) is 0 Å². The van der Waals surface area contributed by atoms with E-state index in [-0.39, 0.29) is 10.8 Å². The molecule has 1 rings (SSSR count). The van der Waals surface area contributed by atoms with Crippen LogP contribution in [0, 0.1) is 0 Å². The van der Waals surface area contributed by atoms with E-state index in [1.807, 2.05) is 6.92 Å². The molecular formula is C7H9ClN2O. The lowest BCUT2D eigenvalue weighted by molar-refractivity contribution is 0.635. The first-order chi connectivity index (χ1) is 5.24. The molecule has 0 amide bonds. The Morgan fingerprint density at radius 2 is 2.45 bits per heavy atom. The summed E-state index contributed by atoms with van der Waals surface area (Å²) in [4.78, 5) is 14.6. The smallest absolute Gasteiger partial charge is 0.299 e. The first-order valence-electron chi connectivity index (χ1n) is 3.47. The highest BCUT2D eigenvalue weighted by molar-refractivity contribution is 6.29. The molecule has 0 saturated carbocycles. The van der Waals surface area contributed by atoms with Crippen LogP contribution < -0.4 is 5.69 Å². The third-order valence-electron chi connectivity index (χ3n) is 1.30. The topological polar surface area (TPSA) is 34.9 Å². The average molecular weight is 173 g/mol. The van der Waals surface area contributed by atoms with Gasteiger partial charge in [0, 0.05) is 12.7 Å². The van der Waals surface area contributed by atoms with Crippen molar-refractivity contribution in [3.05, 3.63) is 27.9 Å². The van der Waals surface area contributed by atoms with Crippen LogP contribution in [0.25, 0.3) is 0 Å². The molecule has 1 heterocycles. The van der Waals surface area contributed by atoms with Crippen LogP contribution in [0.4, 0.5) is 0 Å². The maximum Gasteiger partial charge on any atom is 0.348 e. The van der Waals surface area contributed by atoms with Crippen molar-refractivity contribution in [2.45, 2.75) is 19.9 Å². The van der Waals surface area contributed by atoms with Gasteiger partial charge in [-0.05, 0) is 12.5 Å². The maximum absolute atomic E-state index is 11.0. The van der Waals surface area contributed by atoms with Crippen molar-refractivity contribution < 1.29 is 0 Å². The molecule has 0 unspecified atom stereocenters. The largest absolute Gasteiger partial charge is 0.348 e. The molecular weight excluding hydrogens is 164 g/mol. The number of aromatic nitrogens is 2. The van der Waals surface area contributed by atoms with Gasteiger partial charge in [0.05, 0.1) is 0 Å². The van der Waals surface area contributed by atoms with E-state index in [4.69, 9.17) is 11.6 Å². The summed E-state index contributed by atoms with van der Waals surface area (Å²) in [5.41, 5.74) is -0.278. The van der Waals surface area contributed by atoms with Gasteiger partial charge in [-0.3, -0.25) is 4.57 Å². The Morgan fingerprint density at radius 1 is 1.73 bits per heavy atom. The number of halogens is 1. The van der Waals surface area contributed by atoms with E-state index in [9.17, 15) is 4.79 Å². The van der Waals surface area contributed by atoms with Crippen molar-refractivity contribution >= 4 is 11.6 Å². The summed E-state index contributed by atoms with van der Waals surface area (Å²) in [6, 6.07) is 1.61. The molecule has 0 bridgehead atoms. The molecule has 60 valence electrons. The molecule has 0 aliphatic carbocycles. The number of rotatable bonds is 2. The Labute approximate surface area is 69.6 Å². The lowest BCUT2D eigenvalue weighted by atomic mass is 10.5. The molecule has 0 N–H and O–H groups in total. The van der Waals surface area contributed by atoms with Crippen molar-refractivity contribution in [2.75, 3.05) is 0 Å². The fourth-order valence-electron chi connectivity index (χ4n) is 0.819. The fraction of sp³-hybridized carbons (Fsp3) is 0.429. The SMILES string of the molecule is CCCn1ccc(Cl)nc1=O. The van der Waals surface area contributed by atoms with E-state index in [1.54, 1.807) is 12.3 Å². The van der Waals surface area contributed by atoms with Crippen LogP contribution >= 0.6 is 11.6 Å². The molecule has 4 heteroatoms. The minimum Gasteiger partial charge on any atom is -0.299 e. The summed E-state index contributed by atoms with van der Waals surface area (Å²) in [6.07, 6.45) is 2.57. The highest BCUT2D eigenvalue weighted by atomic mass is 35.5. The van der Waals surface area contributed by atoms with E-state index in [1.165, 1.54) is 4.57 Å². The Morgan fingerprint density at radius 3 is 3.00 bits per heavy atom. The average Bonchev–Trinajstić information content (AvgIpc) is 1.95. The number of hydrogen-bond acceptors (Lipinski definition) is 2. The van der Waals surface area contributed by atoms with Gasteiger partial charge in [-0.15, -0.1) is 0 Å². The summed E-state index contributed by atoms with van der Waals surface area (Å²) in [5.74, 6) is 0. The number of nitrogens with zero attached hydrogens (tertiary/aromatic N) is 2. The molecule has 0 aromatic carbocycles. The molecule has 1 aromatic rings. The van der Waals surface area contributed by atoms with Crippen molar-refractivity contribution in [3.8, 4) is 0 Å². The Hall–Kier alpha value is -0.830. The van der Waals surface area contributed by atoms with Gasteiger partial charge in [-0.2, -0.15) is 4.98 Å². The molecule has 1 aromatic heterocycles. The van der Waals surface area contributed by atoms with Crippen molar-refractivity contribution in [3.63, 3.8) is 0 Å². The van der Waals surface area contributed by atoms with Gasteiger partial charge in [-0.25, -0.2) is 4.79 Å². The maximum atomic E-state index is 11.0. The van der Waals surface area contributed by atoms with E-state index in [2.05, 4.69) is 4.98 Å². The summed E-state index contributed by atoms with van der Waals surface area (Å²) < 4.78 is 1.53. The van der Waals surface area contributed by atoms with E-state index in [0.29, 0.717) is 6.54 Å². The molecule has 0 atom stereocenters. The molecule has 0 radical (unpaired) electrons. The normalized spacial score (nSPS) is 10.0. The third-order valence-corrected chi connectivity index (χ3v) is 1.52. The van der Waals surface area contributed by atoms with E-state index < -0.39 is 0 Å². The van der Waals surface area contributed by atoms with Crippen LogP contribution in [0.2, 0.25) is 5.15 Å². The van der Waals surface area contributed by atoms with E-state index in [0.717, 1.165) is 6.42 Å². The van der Waals surface area contributed by atoms with Gasteiger partial charge in [0.1, 0.15) is 5.15 Å². The molecule has 0 spiro atoms. The van der Waals surface area contributed by atoms with E-state index >= 15 is 0 Å². The van der Waals surface area contributed by atoms with Crippen molar-refractivity contribution in [2.24, 2.45) is 0 Å². The van der Waals surface area contributed by atoms with Crippen LogP contribution in [0.1, 0.15) is 13.3 Å². The number of aryl methyl sites for hydroxylation is 1. The predicted molar refractivity (Wildman–Crippen MR) is 43.8 cm³/mol. The van der Waals surface area contributed by atoms with Crippen LogP contribution in [-0.4, -0.2) is 9.55 Å². The molecule has 0 fully saturated rings. The Kier molecular flexibility index (Phi) is 2.65. The Bertz CT molecular complexity index is 295. The third kappa shape index (κ3) is 2.05. The predicted octanol–water partition coefficient (Wildman–Crippen LogP) is 1.31. The summed E-state index contributed by atoms with van der Waals surface area (Å²) >= 11 is 5.49. The lowest BCUT2D eigenvalue weighted by Gasteiger charge is -1.99. The standard InChI is InChI=1S/C7H9ClN2O/c1-2-4-10-5-3-6(8)9-7(10)11/h3,5H,2,4H2,1H3. The second-order valence-corrected chi connectivity index (χ2v) is 2.61. The highest BCUT2D eigenvalue weighted by Crippen LogP contribution is 1.97. The minimum absolute atomic E-state index is 0.252. The molecule has 0 aliphatic heterocycles. The van der Waals surface area contributed by atoms with Gasteiger partial charge >= 0.3 is 5.69 Å². The summed E-state index contributed by atoms with van der Waals surface area (Å²) in [5, 5.41) is 0.252. The quantitative estimate of drug-likeness (QED) is 0.631. The second-order valence-electron chi connectivity index (χ2n) is 2.23. The van der Waals surface area contributed by atoms with Gasteiger partial charge in [0.2, 0.25) is 0 Å². The zero-order valence-corrected chi connectivity index (χ0v) is 7.01. The molecule has 3 nitrogen and oxygen atoms in total. The zero-order valence-electron chi connectivity index (χ0n) is 6.25. The van der Waals surface area contributed by atoms with Crippen molar-refractivity contribution in [1.82, 2.24) is 9.55 Å². The van der Waals surface area contributed by atoms with Crippen LogP contribution in [-0.2, 0) is 6.54 Å². The molecule has 11 heavy (non-hydrogen) atoms. The van der Waals surface area contributed by atoms with Crippen LogP contribution in [0.5, 0.6) is 0 Å². The highest BCUT2D eigenvalue weighted by Gasteiger charge is 1.95.